The molecule has 3 heterocycles. The minimum atomic E-state index is -0.411. The number of primary amides is 1. The maximum absolute atomic E-state index is 11.3. The zero-order valence-corrected chi connectivity index (χ0v) is 15.3. The summed E-state index contributed by atoms with van der Waals surface area (Å²) in [5, 5.41) is 0. The number of nitrogens with zero attached hydrogens (tertiary/aromatic N) is 1. The van der Waals surface area contributed by atoms with Crippen LogP contribution in [-0.2, 0) is 6.54 Å². The van der Waals surface area contributed by atoms with Crippen molar-refractivity contribution >= 4 is 17.2 Å². The number of nitrogens with two attached hydrogens (primary N) is 1. The summed E-state index contributed by atoms with van der Waals surface area (Å²) in [4.78, 5) is 16.9. The number of piperidine rings is 1. The van der Waals surface area contributed by atoms with Gasteiger partial charge >= 0.3 is 0 Å². The van der Waals surface area contributed by atoms with Crippen molar-refractivity contribution < 1.29 is 9.53 Å². The number of fused-ring (bicyclic) bond motifs is 2. The number of hydrogen-bond acceptors (Lipinski definition) is 4. The Kier molecular flexibility index (Phi) is 4.52. The summed E-state index contributed by atoms with van der Waals surface area (Å²) in [5.41, 5.74) is 5.87. The summed E-state index contributed by atoms with van der Waals surface area (Å²) in [5.74, 6) is 0.342. The van der Waals surface area contributed by atoms with Crippen LogP contribution >= 0.6 is 11.3 Å². The molecule has 1 unspecified atom stereocenters. The minimum absolute atomic E-state index is 0.224. The first-order valence-electron chi connectivity index (χ1n) is 8.96. The van der Waals surface area contributed by atoms with E-state index in [4.69, 9.17) is 10.5 Å². The van der Waals surface area contributed by atoms with Gasteiger partial charge < -0.3 is 10.5 Å². The Balaban J connectivity index is 1.41. The van der Waals surface area contributed by atoms with Crippen LogP contribution in [0.5, 0.6) is 5.75 Å². The summed E-state index contributed by atoms with van der Waals surface area (Å²) >= 11 is 1.90. The Hall–Kier alpha value is -1.85. The molecule has 4 nitrogen and oxygen atoms in total. The lowest BCUT2D eigenvalue weighted by Crippen LogP contribution is -2.45. The molecule has 0 aliphatic carbocycles. The van der Waals surface area contributed by atoms with Crippen molar-refractivity contribution in [3.63, 3.8) is 0 Å². The van der Waals surface area contributed by atoms with Gasteiger partial charge in [-0.05, 0) is 62.9 Å². The quantitative estimate of drug-likeness (QED) is 0.888. The van der Waals surface area contributed by atoms with Gasteiger partial charge in [-0.25, -0.2) is 0 Å². The SMILES string of the molecule is Cc1ccc(CN2[C@@H]3CC[C@H]2CC(Oc2cccc(C(N)=O)c2)C3)s1. The maximum Gasteiger partial charge on any atom is 0.248 e. The number of carbonyl (C=O) groups excluding carboxylic acids is 1. The van der Waals surface area contributed by atoms with Crippen LogP contribution in [0.25, 0.3) is 0 Å². The zero-order valence-electron chi connectivity index (χ0n) is 14.5. The van der Waals surface area contributed by atoms with Gasteiger partial charge in [-0.1, -0.05) is 6.07 Å². The van der Waals surface area contributed by atoms with Crippen molar-refractivity contribution in [2.24, 2.45) is 5.73 Å². The molecule has 2 saturated heterocycles. The Labute approximate surface area is 152 Å². The average molecular weight is 356 g/mol. The fourth-order valence-electron chi connectivity index (χ4n) is 4.24. The van der Waals surface area contributed by atoms with E-state index in [0.717, 1.165) is 25.1 Å². The minimum Gasteiger partial charge on any atom is -0.490 e. The second kappa shape index (κ2) is 6.81. The molecule has 0 radical (unpaired) electrons. The third-order valence-corrected chi connectivity index (χ3v) is 6.38. The van der Waals surface area contributed by atoms with Crippen LogP contribution in [0.2, 0.25) is 0 Å². The molecule has 2 aliphatic rings. The first kappa shape index (κ1) is 16.6. The highest BCUT2D eigenvalue weighted by atomic mass is 32.1. The fourth-order valence-corrected chi connectivity index (χ4v) is 5.14. The predicted octanol–water partition coefficient (Wildman–Crippen LogP) is 3.73. The van der Waals surface area contributed by atoms with Crippen LogP contribution in [-0.4, -0.2) is 29.0 Å². The lowest BCUT2D eigenvalue weighted by molar-refractivity contribution is 0.0451. The van der Waals surface area contributed by atoms with Gasteiger partial charge in [-0.3, -0.25) is 9.69 Å². The van der Waals surface area contributed by atoms with Gasteiger partial charge in [0.25, 0.3) is 0 Å². The lowest BCUT2D eigenvalue weighted by atomic mass is 9.99. The summed E-state index contributed by atoms with van der Waals surface area (Å²) in [6.45, 7) is 3.24. The predicted molar refractivity (Wildman–Crippen MR) is 100 cm³/mol. The molecule has 2 N–H and O–H groups in total. The highest BCUT2D eigenvalue weighted by Gasteiger charge is 2.41. The van der Waals surface area contributed by atoms with Gasteiger partial charge in [0.2, 0.25) is 5.91 Å². The van der Waals surface area contributed by atoms with Crippen molar-refractivity contribution in [3.8, 4) is 5.75 Å². The Morgan fingerprint density at radius 2 is 2.00 bits per heavy atom. The summed E-state index contributed by atoms with van der Waals surface area (Å²) in [6.07, 6.45) is 4.86. The van der Waals surface area contributed by atoms with E-state index in [9.17, 15) is 4.79 Å². The van der Waals surface area contributed by atoms with Crippen molar-refractivity contribution in [3.05, 3.63) is 51.7 Å². The second-order valence-corrected chi connectivity index (χ2v) is 8.55. The van der Waals surface area contributed by atoms with E-state index in [1.54, 1.807) is 12.1 Å². The molecule has 1 amide bonds. The van der Waals surface area contributed by atoms with Crippen molar-refractivity contribution in [2.45, 2.75) is 57.3 Å². The maximum atomic E-state index is 11.3. The summed E-state index contributed by atoms with van der Waals surface area (Å²) in [7, 11) is 0. The Morgan fingerprint density at radius 1 is 1.24 bits per heavy atom. The molecule has 2 fully saturated rings. The van der Waals surface area contributed by atoms with E-state index in [-0.39, 0.29) is 6.10 Å². The number of aryl methyl sites for hydroxylation is 1. The van der Waals surface area contributed by atoms with Crippen LogP contribution < -0.4 is 10.5 Å². The van der Waals surface area contributed by atoms with E-state index >= 15 is 0 Å². The van der Waals surface area contributed by atoms with Gasteiger partial charge in [-0.15, -0.1) is 11.3 Å². The van der Waals surface area contributed by atoms with E-state index < -0.39 is 5.91 Å². The average Bonchev–Trinajstić information content (AvgIpc) is 3.08. The molecule has 2 bridgehead atoms. The Bertz CT molecular complexity index is 759. The molecule has 1 aromatic carbocycles. The number of ether oxygens (including phenoxy) is 1. The number of rotatable bonds is 5. The van der Waals surface area contributed by atoms with Crippen LogP contribution in [0, 0.1) is 6.92 Å². The normalized spacial score (nSPS) is 25.9. The first-order chi connectivity index (χ1) is 12.1. The van der Waals surface area contributed by atoms with Crippen LogP contribution in [0.1, 0.15) is 45.8 Å². The smallest absolute Gasteiger partial charge is 0.248 e. The molecule has 132 valence electrons. The molecule has 3 atom stereocenters. The van der Waals surface area contributed by atoms with Gasteiger partial charge in [0.05, 0.1) is 0 Å². The monoisotopic (exact) mass is 356 g/mol. The largest absolute Gasteiger partial charge is 0.490 e. The third-order valence-electron chi connectivity index (χ3n) is 5.40. The third kappa shape index (κ3) is 3.58. The molecule has 25 heavy (non-hydrogen) atoms. The molecule has 4 rings (SSSR count). The van der Waals surface area contributed by atoms with Crippen molar-refractivity contribution in [1.82, 2.24) is 4.90 Å². The highest BCUT2D eigenvalue weighted by Crippen LogP contribution is 2.39. The van der Waals surface area contributed by atoms with E-state index in [1.807, 2.05) is 23.5 Å². The summed E-state index contributed by atoms with van der Waals surface area (Å²) in [6, 6.07) is 12.9. The molecule has 0 spiro atoms. The second-order valence-electron chi connectivity index (χ2n) is 7.17. The molecule has 0 saturated carbocycles. The summed E-state index contributed by atoms with van der Waals surface area (Å²) < 4.78 is 6.20. The lowest BCUT2D eigenvalue weighted by Gasteiger charge is -2.38. The Morgan fingerprint density at radius 3 is 2.64 bits per heavy atom. The molecular formula is C20H24N2O2S. The van der Waals surface area contributed by atoms with Crippen LogP contribution in [0.15, 0.2) is 36.4 Å². The van der Waals surface area contributed by atoms with Gasteiger partial charge in [0.1, 0.15) is 11.9 Å². The van der Waals surface area contributed by atoms with Gasteiger partial charge in [-0.2, -0.15) is 0 Å². The van der Waals surface area contributed by atoms with Crippen molar-refractivity contribution in [2.75, 3.05) is 0 Å². The molecular weight excluding hydrogens is 332 g/mol. The fraction of sp³-hybridized carbons (Fsp3) is 0.450. The van der Waals surface area contributed by atoms with Gasteiger partial charge in [0, 0.05) is 33.9 Å². The number of hydrogen-bond donors (Lipinski definition) is 1. The topological polar surface area (TPSA) is 55.6 Å². The number of amides is 1. The molecule has 1 aromatic heterocycles. The van der Waals surface area contributed by atoms with E-state index in [0.29, 0.717) is 17.6 Å². The van der Waals surface area contributed by atoms with Crippen LogP contribution in [0.4, 0.5) is 0 Å². The van der Waals surface area contributed by atoms with Crippen LogP contribution in [0.3, 0.4) is 0 Å². The highest BCUT2D eigenvalue weighted by molar-refractivity contribution is 7.11. The molecule has 5 heteroatoms. The van der Waals surface area contributed by atoms with Crippen molar-refractivity contribution in [1.29, 1.82) is 0 Å². The van der Waals surface area contributed by atoms with E-state index in [2.05, 4.69) is 24.0 Å². The van der Waals surface area contributed by atoms with Gasteiger partial charge in [0.15, 0.2) is 0 Å². The zero-order chi connectivity index (χ0) is 17.4. The first-order valence-corrected chi connectivity index (χ1v) is 9.78. The number of benzene rings is 1. The molecule has 2 aliphatic heterocycles. The standard InChI is InChI=1S/C20H24N2O2S/c1-13-5-8-19(25-13)12-22-15-6-7-16(22)11-18(10-15)24-17-4-2-3-14(9-17)20(21)23/h2-5,8-9,15-16,18H,6-7,10-12H2,1H3,(H2,21,23)/t15-,16+,18?. The molecule has 2 aromatic rings. The number of carbonyl (C=O) groups is 1. The number of thiophene rings is 1. The van der Waals surface area contributed by atoms with E-state index in [1.165, 1.54) is 22.6 Å².